The number of likely N-dealkylation sites (tertiary alicyclic amines) is 1. The fourth-order valence-electron chi connectivity index (χ4n) is 4.45. The lowest BCUT2D eigenvalue weighted by Gasteiger charge is -2.37. The van der Waals surface area contributed by atoms with E-state index in [0.29, 0.717) is 34.8 Å². The number of anilines is 1. The summed E-state index contributed by atoms with van der Waals surface area (Å²) < 4.78 is 10.8. The summed E-state index contributed by atoms with van der Waals surface area (Å²) in [5, 5.41) is 6.43. The molecule has 0 spiro atoms. The lowest BCUT2D eigenvalue weighted by atomic mass is 9.77. The first kappa shape index (κ1) is 20.9. The Morgan fingerprint density at radius 2 is 1.93 bits per heavy atom. The molecule has 7 nitrogen and oxygen atoms in total. The number of nitrogens with zero attached hydrogens (tertiary/aromatic N) is 1. The highest BCUT2D eigenvalue weighted by Gasteiger charge is 2.42. The molecule has 0 aromatic heterocycles. The van der Waals surface area contributed by atoms with Gasteiger partial charge >= 0.3 is 0 Å². The standard InChI is InChI=1S/C20H28ClN3O4/c1-12(25)22-17-6-13-9-24(10-14(13)7-19(17)28-3)11-20(26)23-15-4-5-16(21)18(8-15)27-2/h4-5,8,13-14,17,19H,6-7,9-11H2,1-3H3,(H,22,25)(H,23,26)/t13-,14+,17-,19-/m1/s1. The van der Waals surface area contributed by atoms with E-state index in [-0.39, 0.29) is 24.0 Å². The van der Waals surface area contributed by atoms with Crippen molar-refractivity contribution in [2.75, 3.05) is 39.2 Å². The van der Waals surface area contributed by atoms with E-state index in [9.17, 15) is 9.59 Å². The van der Waals surface area contributed by atoms with Crippen LogP contribution < -0.4 is 15.4 Å². The molecule has 1 saturated heterocycles. The number of fused-ring (bicyclic) bond motifs is 1. The molecule has 1 heterocycles. The molecule has 8 heteroatoms. The van der Waals surface area contributed by atoms with Crippen LogP contribution in [0.1, 0.15) is 19.8 Å². The average molecular weight is 410 g/mol. The number of carbonyl (C=O) groups excluding carboxylic acids is 2. The number of benzene rings is 1. The summed E-state index contributed by atoms with van der Waals surface area (Å²) in [5.41, 5.74) is 0.660. The number of hydrogen-bond donors (Lipinski definition) is 2. The van der Waals surface area contributed by atoms with Gasteiger partial charge in [-0.1, -0.05) is 11.6 Å². The molecule has 4 atom stereocenters. The second kappa shape index (κ2) is 9.11. The molecule has 2 amide bonds. The highest BCUT2D eigenvalue weighted by Crippen LogP contribution is 2.37. The van der Waals surface area contributed by atoms with Crippen LogP contribution in [0.5, 0.6) is 5.75 Å². The Hall–Kier alpha value is -1.83. The fraction of sp³-hybridized carbons (Fsp3) is 0.600. The van der Waals surface area contributed by atoms with Gasteiger partial charge in [0.05, 0.1) is 30.8 Å². The molecule has 154 valence electrons. The zero-order valence-corrected chi connectivity index (χ0v) is 17.3. The Morgan fingerprint density at radius 3 is 2.57 bits per heavy atom. The zero-order chi connectivity index (χ0) is 20.3. The number of rotatable bonds is 6. The Morgan fingerprint density at radius 1 is 1.21 bits per heavy atom. The van der Waals surface area contributed by atoms with Crippen molar-refractivity contribution in [2.24, 2.45) is 11.8 Å². The summed E-state index contributed by atoms with van der Waals surface area (Å²) in [6.07, 6.45) is 1.81. The maximum absolute atomic E-state index is 12.5. The highest BCUT2D eigenvalue weighted by atomic mass is 35.5. The van der Waals surface area contributed by atoms with Crippen LogP contribution in [-0.2, 0) is 14.3 Å². The van der Waals surface area contributed by atoms with Gasteiger partial charge in [0.1, 0.15) is 5.75 Å². The number of amides is 2. The van der Waals surface area contributed by atoms with E-state index in [1.165, 1.54) is 6.92 Å². The van der Waals surface area contributed by atoms with Gasteiger partial charge < -0.3 is 20.1 Å². The second-order valence-electron chi connectivity index (χ2n) is 7.66. The lowest BCUT2D eigenvalue weighted by molar-refractivity contribution is -0.121. The largest absolute Gasteiger partial charge is 0.495 e. The smallest absolute Gasteiger partial charge is 0.238 e. The van der Waals surface area contributed by atoms with Gasteiger partial charge in [-0.2, -0.15) is 0 Å². The molecule has 1 saturated carbocycles. The molecule has 28 heavy (non-hydrogen) atoms. The number of carbonyl (C=O) groups is 2. The summed E-state index contributed by atoms with van der Waals surface area (Å²) in [5.74, 6) is 1.38. The highest BCUT2D eigenvalue weighted by molar-refractivity contribution is 6.32. The maximum Gasteiger partial charge on any atom is 0.238 e. The van der Waals surface area contributed by atoms with Gasteiger partial charge in [0, 0.05) is 38.9 Å². The molecular formula is C20H28ClN3O4. The van der Waals surface area contributed by atoms with E-state index in [1.807, 2.05) is 0 Å². The van der Waals surface area contributed by atoms with Gasteiger partial charge in [0.25, 0.3) is 0 Å². The lowest BCUT2D eigenvalue weighted by Crippen LogP contribution is -2.49. The van der Waals surface area contributed by atoms with Crippen molar-refractivity contribution >= 4 is 29.1 Å². The molecule has 0 bridgehead atoms. The molecule has 0 unspecified atom stereocenters. The van der Waals surface area contributed by atoms with Crippen LogP contribution in [0.4, 0.5) is 5.69 Å². The molecule has 1 aromatic carbocycles. The third kappa shape index (κ3) is 4.96. The Bertz CT molecular complexity index is 729. The second-order valence-corrected chi connectivity index (χ2v) is 8.07. The number of hydrogen-bond acceptors (Lipinski definition) is 5. The molecule has 3 rings (SSSR count). The molecule has 1 aromatic rings. The van der Waals surface area contributed by atoms with Crippen LogP contribution in [0.3, 0.4) is 0 Å². The third-order valence-corrected chi connectivity index (χ3v) is 6.00. The van der Waals surface area contributed by atoms with E-state index >= 15 is 0 Å². The van der Waals surface area contributed by atoms with Gasteiger partial charge in [-0.25, -0.2) is 0 Å². The van der Waals surface area contributed by atoms with Gasteiger partial charge in [0.15, 0.2) is 0 Å². The normalized spacial score (nSPS) is 27.1. The topological polar surface area (TPSA) is 79.9 Å². The van der Waals surface area contributed by atoms with Gasteiger partial charge in [-0.05, 0) is 36.8 Å². The number of halogens is 1. The monoisotopic (exact) mass is 409 g/mol. The molecule has 1 aliphatic heterocycles. The van der Waals surface area contributed by atoms with Crippen molar-refractivity contribution in [3.8, 4) is 5.75 Å². The predicted molar refractivity (Wildman–Crippen MR) is 108 cm³/mol. The minimum absolute atomic E-state index is 0.0282. The summed E-state index contributed by atoms with van der Waals surface area (Å²) in [6, 6.07) is 5.21. The summed E-state index contributed by atoms with van der Waals surface area (Å²) in [7, 11) is 3.24. The van der Waals surface area contributed by atoms with E-state index in [4.69, 9.17) is 21.1 Å². The maximum atomic E-state index is 12.5. The SMILES string of the molecule is COc1cc(NC(=O)CN2C[C@H]3C[C@@H](NC(C)=O)[C@H](OC)C[C@H]3C2)ccc1Cl. The third-order valence-electron chi connectivity index (χ3n) is 5.69. The van der Waals surface area contributed by atoms with Crippen molar-refractivity contribution in [3.05, 3.63) is 23.2 Å². The first-order chi connectivity index (χ1) is 13.4. The zero-order valence-electron chi connectivity index (χ0n) is 16.5. The number of nitrogens with one attached hydrogen (secondary N) is 2. The van der Waals surface area contributed by atoms with Gasteiger partial charge in [-0.3, -0.25) is 14.5 Å². The van der Waals surface area contributed by atoms with Crippen LogP contribution in [0.15, 0.2) is 18.2 Å². The Labute approximate surface area is 170 Å². The van der Waals surface area contributed by atoms with Crippen molar-refractivity contribution in [2.45, 2.75) is 31.9 Å². The molecule has 2 N–H and O–H groups in total. The van der Waals surface area contributed by atoms with Crippen molar-refractivity contribution in [3.63, 3.8) is 0 Å². The van der Waals surface area contributed by atoms with Crippen molar-refractivity contribution in [1.29, 1.82) is 0 Å². The van der Waals surface area contributed by atoms with Crippen LogP contribution in [0, 0.1) is 11.8 Å². The van der Waals surface area contributed by atoms with E-state index in [2.05, 4.69) is 15.5 Å². The summed E-state index contributed by atoms with van der Waals surface area (Å²) in [4.78, 5) is 26.1. The average Bonchev–Trinajstić information content (AvgIpc) is 3.02. The molecule has 1 aliphatic carbocycles. The van der Waals surface area contributed by atoms with Crippen molar-refractivity contribution < 1.29 is 19.1 Å². The van der Waals surface area contributed by atoms with Crippen LogP contribution >= 0.6 is 11.6 Å². The molecule has 0 radical (unpaired) electrons. The van der Waals surface area contributed by atoms with E-state index in [1.54, 1.807) is 32.4 Å². The van der Waals surface area contributed by atoms with Crippen LogP contribution in [0.25, 0.3) is 0 Å². The quantitative estimate of drug-likeness (QED) is 0.752. The number of ether oxygens (including phenoxy) is 2. The molecule has 2 fully saturated rings. The number of methoxy groups -OCH3 is 2. The first-order valence-corrected chi connectivity index (χ1v) is 9.93. The van der Waals surface area contributed by atoms with Gasteiger partial charge in [0.2, 0.25) is 11.8 Å². The van der Waals surface area contributed by atoms with Crippen molar-refractivity contribution in [1.82, 2.24) is 10.2 Å². The van der Waals surface area contributed by atoms with Crippen LogP contribution in [0.2, 0.25) is 5.02 Å². The Balaban J connectivity index is 1.55. The first-order valence-electron chi connectivity index (χ1n) is 9.55. The predicted octanol–water partition coefficient (Wildman–Crippen LogP) is 2.15. The van der Waals surface area contributed by atoms with E-state index < -0.39 is 0 Å². The minimum atomic E-state index is -0.0651. The fourth-order valence-corrected chi connectivity index (χ4v) is 4.65. The minimum Gasteiger partial charge on any atom is -0.495 e. The summed E-state index contributed by atoms with van der Waals surface area (Å²) in [6.45, 7) is 3.60. The van der Waals surface area contributed by atoms with Gasteiger partial charge in [-0.15, -0.1) is 0 Å². The Kier molecular flexibility index (Phi) is 6.80. The molecular weight excluding hydrogens is 382 g/mol. The van der Waals surface area contributed by atoms with E-state index in [0.717, 1.165) is 25.9 Å². The molecule has 2 aliphatic rings. The summed E-state index contributed by atoms with van der Waals surface area (Å²) >= 11 is 6.02. The van der Waals surface area contributed by atoms with Crippen LogP contribution in [-0.4, -0.2) is 62.7 Å².